The predicted molar refractivity (Wildman–Crippen MR) is 66.9 cm³/mol. The van der Waals surface area contributed by atoms with E-state index < -0.39 is 23.5 Å². The molecular formula is C12H24N2O3. The molecule has 0 saturated carbocycles. The normalized spacial score (nSPS) is 13.3. The van der Waals surface area contributed by atoms with E-state index in [1.807, 2.05) is 13.8 Å². The smallest absolute Gasteiger partial charge is 0.326 e. The van der Waals surface area contributed by atoms with Gasteiger partial charge in [0.1, 0.15) is 6.04 Å². The van der Waals surface area contributed by atoms with Gasteiger partial charge >= 0.3 is 12.0 Å². The molecule has 0 aliphatic rings. The maximum absolute atomic E-state index is 11.6. The molecule has 0 aromatic heterocycles. The fourth-order valence-electron chi connectivity index (χ4n) is 1.50. The quantitative estimate of drug-likeness (QED) is 0.692. The maximum atomic E-state index is 11.6. The van der Waals surface area contributed by atoms with Crippen molar-refractivity contribution in [2.24, 2.45) is 5.41 Å². The van der Waals surface area contributed by atoms with Gasteiger partial charge in [0, 0.05) is 6.04 Å². The molecule has 0 aliphatic carbocycles. The fourth-order valence-corrected chi connectivity index (χ4v) is 1.50. The van der Waals surface area contributed by atoms with Crippen LogP contribution in [0.5, 0.6) is 0 Å². The summed E-state index contributed by atoms with van der Waals surface area (Å²) in [6, 6.07) is -1.22. The molecule has 5 heteroatoms. The number of nitrogens with one attached hydrogen (secondary N) is 2. The van der Waals surface area contributed by atoms with Crippen LogP contribution >= 0.6 is 0 Å². The number of carboxylic acid groups (broad SMARTS) is 1. The van der Waals surface area contributed by atoms with Crippen LogP contribution in [0.2, 0.25) is 0 Å². The first-order valence-corrected chi connectivity index (χ1v) is 6.02. The molecule has 0 aliphatic heterocycles. The third-order valence-electron chi connectivity index (χ3n) is 2.71. The molecule has 0 bridgehead atoms. The van der Waals surface area contributed by atoms with E-state index in [1.54, 1.807) is 20.8 Å². The first kappa shape index (κ1) is 15.7. The number of hydrogen-bond donors (Lipinski definition) is 3. The number of urea groups is 1. The molecule has 0 rings (SSSR count). The first-order chi connectivity index (χ1) is 7.72. The summed E-state index contributed by atoms with van der Waals surface area (Å²) < 4.78 is 0. The fraction of sp³-hybridized carbons (Fsp3) is 0.833. The van der Waals surface area contributed by atoms with Crippen LogP contribution in [-0.2, 0) is 4.79 Å². The van der Waals surface area contributed by atoms with Crippen molar-refractivity contribution in [1.29, 1.82) is 0 Å². The Kier molecular flexibility index (Phi) is 5.99. The average Bonchev–Trinajstić information content (AvgIpc) is 2.20. The molecule has 17 heavy (non-hydrogen) atoms. The van der Waals surface area contributed by atoms with E-state index in [0.29, 0.717) is 0 Å². The average molecular weight is 244 g/mol. The molecule has 0 fully saturated rings. The van der Waals surface area contributed by atoms with Crippen molar-refractivity contribution in [2.45, 2.75) is 59.5 Å². The van der Waals surface area contributed by atoms with Gasteiger partial charge in [-0.3, -0.25) is 0 Å². The van der Waals surface area contributed by atoms with E-state index in [-0.39, 0.29) is 6.04 Å². The minimum atomic E-state index is -1.02. The van der Waals surface area contributed by atoms with Gasteiger partial charge in [-0.15, -0.1) is 0 Å². The molecule has 0 heterocycles. The van der Waals surface area contributed by atoms with E-state index in [9.17, 15) is 9.59 Å². The van der Waals surface area contributed by atoms with Gasteiger partial charge in [-0.25, -0.2) is 9.59 Å². The van der Waals surface area contributed by atoms with E-state index in [4.69, 9.17) is 5.11 Å². The third-order valence-corrected chi connectivity index (χ3v) is 2.71. The number of aliphatic carboxylic acids is 1. The Morgan fingerprint density at radius 3 is 1.88 bits per heavy atom. The van der Waals surface area contributed by atoms with Gasteiger partial charge in [-0.05, 0) is 18.3 Å². The summed E-state index contributed by atoms with van der Waals surface area (Å²) in [5, 5.41) is 14.3. The number of carbonyl (C=O) groups is 2. The highest BCUT2D eigenvalue weighted by Crippen LogP contribution is 2.19. The van der Waals surface area contributed by atoms with Crippen molar-refractivity contribution in [2.75, 3.05) is 0 Å². The van der Waals surface area contributed by atoms with E-state index in [1.165, 1.54) is 0 Å². The van der Waals surface area contributed by atoms with Crippen LogP contribution in [0.15, 0.2) is 0 Å². The molecule has 0 radical (unpaired) electrons. The molecule has 5 nitrogen and oxygen atoms in total. The zero-order valence-corrected chi connectivity index (χ0v) is 11.3. The van der Waals surface area contributed by atoms with E-state index in [2.05, 4.69) is 10.6 Å². The van der Waals surface area contributed by atoms with Gasteiger partial charge in [0.2, 0.25) is 0 Å². The molecule has 0 saturated heterocycles. The van der Waals surface area contributed by atoms with Gasteiger partial charge in [-0.1, -0.05) is 34.6 Å². The van der Waals surface area contributed by atoms with Crippen molar-refractivity contribution < 1.29 is 14.7 Å². The summed E-state index contributed by atoms with van der Waals surface area (Å²) in [5.41, 5.74) is -0.517. The summed E-state index contributed by atoms with van der Waals surface area (Å²) in [4.78, 5) is 22.7. The zero-order chi connectivity index (χ0) is 13.6. The van der Waals surface area contributed by atoms with E-state index in [0.717, 1.165) is 12.8 Å². The second-order valence-electron chi connectivity index (χ2n) is 5.27. The molecule has 100 valence electrons. The summed E-state index contributed by atoms with van der Waals surface area (Å²) in [6.07, 6.45) is 1.66. The van der Waals surface area contributed by atoms with Crippen LogP contribution in [-0.4, -0.2) is 29.2 Å². The Hall–Kier alpha value is -1.26. The van der Waals surface area contributed by atoms with Crippen LogP contribution in [0.4, 0.5) is 4.79 Å². The standard InChI is InChI=1S/C12H24N2O3/c1-6-8(7-2)13-11(17)14-9(10(15)16)12(3,4)5/h8-9H,6-7H2,1-5H3,(H,15,16)(H2,13,14,17)/t9-/m0/s1. The summed E-state index contributed by atoms with van der Waals surface area (Å²) in [6.45, 7) is 9.30. The minimum Gasteiger partial charge on any atom is -0.480 e. The zero-order valence-electron chi connectivity index (χ0n) is 11.3. The molecule has 0 spiro atoms. The second kappa shape index (κ2) is 6.47. The Balaban J connectivity index is 4.48. The van der Waals surface area contributed by atoms with Gasteiger partial charge in [0.05, 0.1) is 0 Å². The van der Waals surface area contributed by atoms with Crippen molar-refractivity contribution >= 4 is 12.0 Å². The molecule has 1 atom stereocenters. The molecule has 0 unspecified atom stereocenters. The predicted octanol–water partition coefficient (Wildman–Crippen LogP) is 1.97. The van der Waals surface area contributed by atoms with Crippen molar-refractivity contribution in [1.82, 2.24) is 10.6 Å². The van der Waals surface area contributed by atoms with Crippen LogP contribution in [0.25, 0.3) is 0 Å². The highest BCUT2D eigenvalue weighted by Gasteiger charge is 2.32. The van der Waals surface area contributed by atoms with Gasteiger partial charge in [-0.2, -0.15) is 0 Å². The lowest BCUT2D eigenvalue weighted by Gasteiger charge is -2.28. The van der Waals surface area contributed by atoms with Crippen LogP contribution in [0.3, 0.4) is 0 Å². The number of hydrogen-bond acceptors (Lipinski definition) is 2. The number of amides is 2. The minimum absolute atomic E-state index is 0.0874. The molecular weight excluding hydrogens is 220 g/mol. The number of carboxylic acids is 1. The largest absolute Gasteiger partial charge is 0.480 e. The van der Waals surface area contributed by atoms with Gasteiger partial charge in [0.15, 0.2) is 0 Å². The molecule has 2 amide bonds. The van der Waals surface area contributed by atoms with Crippen molar-refractivity contribution in [3.8, 4) is 0 Å². The molecule has 3 N–H and O–H groups in total. The maximum Gasteiger partial charge on any atom is 0.326 e. The Morgan fingerprint density at radius 1 is 1.12 bits per heavy atom. The lowest BCUT2D eigenvalue weighted by Crippen LogP contribution is -2.53. The topological polar surface area (TPSA) is 78.4 Å². The first-order valence-electron chi connectivity index (χ1n) is 6.02. The Labute approximate surface area is 103 Å². The van der Waals surface area contributed by atoms with Crippen LogP contribution in [0.1, 0.15) is 47.5 Å². The SMILES string of the molecule is CCC(CC)NC(=O)N[C@@H](C(=O)O)C(C)(C)C. The number of rotatable bonds is 5. The lowest BCUT2D eigenvalue weighted by molar-refractivity contribution is -0.141. The lowest BCUT2D eigenvalue weighted by atomic mass is 9.87. The van der Waals surface area contributed by atoms with Gasteiger partial charge in [0.25, 0.3) is 0 Å². The highest BCUT2D eigenvalue weighted by molar-refractivity contribution is 5.83. The van der Waals surface area contributed by atoms with Gasteiger partial charge < -0.3 is 15.7 Å². The Morgan fingerprint density at radius 2 is 1.59 bits per heavy atom. The third kappa shape index (κ3) is 5.56. The van der Waals surface area contributed by atoms with E-state index >= 15 is 0 Å². The summed E-state index contributed by atoms with van der Waals surface area (Å²) >= 11 is 0. The molecule has 0 aromatic carbocycles. The highest BCUT2D eigenvalue weighted by atomic mass is 16.4. The van der Waals surface area contributed by atoms with Crippen LogP contribution in [0, 0.1) is 5.41 Å². The summed E-state index contributed by atoms with van der Waals surface area (Å²) in [5.74, 6) is -1.02. The summed E-state index contributed by atoms with van der Waals surface area (Å²) in [7, 11) is 0. The molecule has 0 aromatic rings. The monoisotopic (exact) mass is 244 g/mol. The number of carbonyl (C=O) groups excluding carboxylic acids is 1. The second-order valence-corrected chi connectivity index (χ2v) is 5.27. The van der Waals surface area contributed by atoms with Crippen molar-refractivity contribution in [3.63, 3.8) is 0 Å². The van der Waals surface area contributed by atoms with Crippen LogP contribution < -0.4 is 10.6 Å². The van der Waals surface area contributed by atoms with Crippen molar-refractivity contribution in [3.05, 3.63) is 0 Å². The Bertz CT molecular complexity index is 267.